The van der Waals surface area contributed by atoms with E-state index in [1.165, 1.54) is 5.56 Å². The first-order chi connectivity index (χ1) is 7.48. The molecule has 0 spiro atoms. The first kappa shape index (κ1) is 11.3. The monoisotopic (exact) mass is 220 g/mol. The molecule has 0 radical (unpaired) electrons. The van der Waals surface area contributed by atoms with Crippen molar-refractivity contribution in [3.05, 3.63) is 23.8 Å². The van der Waals surface area contributed by atoms with Gasteiger partial charge in [-0.3, -0.25) is 0 Å². The maximum atomic E-state index is 9.89. The first-order valence-electron chi connectivity index (χ1n) is 5.81. The van der Waals surface area contributed by atoms with Crippen molar-refractivity contribution in [3.8, 4) is 0 Å². The lowest BCUT2D eigenvalue weighted by molar-refractivity contribution is 0.0351. The summed E-state index contributed by atoms with van der Waals surface area (Å²) < 4.78 is 0. The third-order valence-corrected chi connectivity index (χ3v) is 3.36. The van der Waals surface area contributed by atoms with Gasteiger partial charge in [0.25, 0.3) is 0 Å². The molecule has 0 bridgehead atoms. The molecule has 0 aliphatic carbocycles. The maximum Gasteiger partial charge on any atom is 0.0653 e. The lowest BCUT2D eigenvalue weighted by Crippen LogP contribution is -2.42. The van der Waals surface area contributed by atoms with Crippen molar-refractivity contribution in [1.82, 2.24) is 0 Å². The highest BCUT2D eigenvalue weighted by Crippen LogP contribution is 2.30. The summed E-state index contributed by atoms with van der Waals surface area (Å²) in [6, 6.07) is 6.16. The molecule has 1 aliphatic rings. The zero-order valence-corrected chi connectivity index (χ0v) is 10.0. The molecule has 1 heterocycles. The molecule has 1 saturated heterocycles. The molecule has 1 fully saturated rings. The highest BCUT2D eigenvalue weighted by Gasteiger charge is 2.27. The quantitative estimate of drug-likeness (QED) is 0.711. The normalized spacial score (nSPS) is 19.8. The van der Waals surface area contributed by atoms with E-state index in [4.69, 9.17) is 5.73 Å². The minimum absolute atomic E-state index is 0.504. The van der Waals surface area contributed by atoms with Gasteiger partial charge in [0.1, 0.15) is 0 Å². The zero-order valence-electron chi connectivity index (χ0n) is 10.0. The highest BCUT2D eigenvalue weighted by molar-refractivity contribution is 5.68. The highest BCUT2D eigenvalue weighted by atomic mass is 16.3. The fourth-order valence-electron chi connectivity index (χ4n) is 2.19. The van der Waals surface area contributed by atoms with E-state index < -0.39 is 5.60 Å². The zero-order chi connectivity index (χ0) is 11.8. The van der Waals surface area contributed by atoms with Gasteiger partial charge in [-0.05, 0) is 44.4 Å². The summed E-state index contributed by atoms with van der Waals surface area (Å²) in [6.07, 6.45) is 1.61. The van der Waals surface area contributed by atoms with Crippen LogP contribution in [0.25, 0.3) is 0 Å². The number of aliphatic hydroxyl groups is 1. The number of benzene rings is 1. The molecule has 1 aliphatic heterocycles. The third-order valence-electron chi connectivity index (χ3n) is 3.36. The van der Waals surface area contributed by atoms with E-state index >= 15 is 0 Å². The Balaban J connectivity index is 2.14. The average molecular weight is 220 g/mol. The summed E-state index contributed by atoms with van der Waals surface area (Å²) in [5, 5.41) is 9.89. The van der Waals surface area contributed by atoms with Gasteiger partial charge in [-0.1, -0.05) is 6.07 Å². The summed E-state index contributed by atoms with van der Waals surface area (Å²) in [7, 11) is 0. The van der Waals surface area contributed by atoms with Gasteiger partial charge < -0.3 is 15.7 Å². The van der Waals surface area contributed by atoms with E-state index in [-0.39, 0.29) is 0 Å². The second-order valence-corrected chi connectivity index (χ2v) is 5.05. The lowest BCUT2D eigenvalue weighted by atomic mass is 9.93. The number of piperidine rings is 1. The molecule has 0 saturated carbocycles. The van der Waals surface area contributed by atoms with Gasteiger partial charge in [-0.2, -0.15) is 0 Å². The molecule has 1 aromatic rings. The smallest absolute Gasteiger partial charge is 0.0653 e. The van der Waals surface area contributed by atoms with Crippen LogP contribution in [0.15, 0.2) is 18.2 Å². The van der Waals surface area contributed by atoms with E-state index in [2.05, 4.69) is 17.0 Å². The Labute approximate surface area is 96.9 Å². The topological polar surface area (TPSA) is 49.5 Å². The van der Waals surface area contributed by atoms with E-state index in [0.29, 0.717) is 0 Å². The van der Waals surface area contributed by atoms with Gasteiger partial charge in [0.05, 0.1) is 17.0 Å². The van der Waals surface area contributed by atoms with Crippen LogP contribution < -0.4 is 10.6 Å². The first-order valence-corrected chi connectivity index (χ1v) is 5.81. The predicted octanol–water partition coefficient (Wildman–Crippen LogP) is 1.93. The van der Waals surface area contributed by atoms with Crippen LogP contribution >= 0.6 is 0 Å². The summed E-state index contributed by atoms with van der Waals surface area (Å²) in [5.74, 6) is 0. The summed E-state index contributed by atoms with van der Waals surface area (Å²) in [4.78, 5) is 2.26. The number of nitrogens with two attached hydrogens (primary N) is 1. The molecule has 0 amide bonds. The Morgan fingerprint density at radius 1 is 1.31 bits per heavy atom. The molecular weight excluding hydrogens is 200 g/mol. The number of aryl methyl sites for hydroxylation is 1. The van der Waals surface area contributed by atoms with E-state index in [9.17, 15) is 5.11 Å². The molecule has 1 aromatic carbocycles. The molecule has 3 heteroatoms. The Morgan fingerprint density at radius 3 is 2.50 bits per heavy atom. The van der Waals surface area contributed by atoms with Gasteiger partial charge in [-0.25, -0.2) is 0 Å². The summed E-state index contributed by atoms with van der Waals surface area (Å²) >= 11 is 0. The molecule has 0 atom stereocenters. The largest absolute Gasteiger partial charge is 0.397 e. The maximum absolute atomic E-state index is 9.89. The third kappa shape index (κ3) is 2.30. The molecule has 0 unspecified atom stereocenters. The molecule has 3 N–H and O–H groups in total. The van der Waals surface area contributed by atoms with Crippen molar-refractivity contribution in [3.63, 3.8) is 0 Å². The molecular formula is C13H20N2O. The fraction of sp³-hybridized carbons (Fsp3) is 0.538. The number of hydrogen-bond acceptors (Lipinski definition) is 3. The van der Waals surface area contributed by atoms with Crippen LogP contribution in [0.1, 0.15) is 25.3 Å². The Morgan fingerprint density at radius 2 is 1.94 bits per heavy atom. The van der Waals surface area contributed by atoms with Crippen LogP contribution in [-0.2, 0) is 0 Å². The number of anilines is 2. The van der Waals surface area contributed by atoms with Gasteiger partial charge in [0.2, 0.25) is 0 Å². The van der Waals surface area contributed by atoms with Gasteiger partial charge in [0.15, 0.2) is 0 Å². The fourth-order valence-corrected chi connectivity index (χ4v) is 2.19. The molecule has 3 nitrogen and oxygen atoms in total. The summed E-state index contributed by atoms with van der Waals surface area (Å²) in [5.41, 5.74) is 8.63. The second-order valence-electron chi connectivity index (χ2n) is 5.05. The van der Waals surface area contributed by atoms with Gasteiger partial charge in [0, 0.05) is 13.1 Å². The van der Waals surface area contributed by atoms with Crippen LogP contribution in [0.5, 0.6) is 0 Å². The molecule has 88 valence electrons. The van der Waals surface area contributed by atoms with Gasteiger partial charge >= 0.3 is 0 Å². The van der Waals surface area contributed by atoms with Crippen LogP contribution in [-0.4, -0.2) is 23.8 Å². The Kier molecular flexibility index (Phi) is 2.80. The van der Waals surface area contributed by atoms with Crippen molar-refractivity contribution in [2.45, 2.75) is 32.3 Å². The van der Waals surface area contributed by atoms with Crippen molar-refractivity contribution in [1.29, 1.82) is 0 Å². The minimum atomic E-state index is -0.504. The van der Waals surface area contributed by atoms with Crippen LogP contribution in [0, 0.1) is 6.92 Å². The summed E-state index contributed by atoms with van der Waals surface area (Å²) in [6.45, 7) is 5.70. The van der Waals surface area contributed by atoms with E-state index in [1.807, 2.05) is 19.9 Å². The standard InChI is InChI=1S/C13H20N2O/c1-10-3-4-12(11(14)9-10)15-7-5-13(2,16)6-8-15/h3-4,9,16H,5-8,14H2,1-2H3. The van der Waals surface area contributed by atoms with Crippen molar-refractivity contribution < 1.29 is 5.11 Å². The molecule has 0 aromatic heterocycles. The number of nitrogen functional groups attached to an aromatic ring is 1. The van der Waals surface area contributed by atoms with Crippen LogP contribution in [0.2, 0.25) is 0 Å². The number of hydrogen-bond donors (Lipinski definition) is 2. The van der Waals surface area contributed by atoms with E-state index in [0.717, 1.165) is 37.3 Å². The lowest BCUT2D eigenvalue weighted by Gasteiger charge is -2.37. The second kappa shape index (κ2) is 3.98. The Bertz CT molecular complexity index is 378. The molecule has 16 heavy (non-hydrogen) atoms. The van der Waals surface area contributed by atoms with Crippen LogP contribution in [0.3, 0.4) is 0 Å². The Hall–Kier alpha value is -1.22. The minimum Gasteiger partial charge on any atom is -0.397 e. The van der Waals surface area contributed by atoms with Crippen molar-refractivity contribution in [2.24, 2.45) is 0 Å². The predicted molar refractivity (Wildman–Crippen MR) is 67.7 cm³/mol. The average Bonchev–Trinajstić information content (AvgIpc) is 2.19. The van der Waals surface area contributed by atoms with Crippen molar-refractivity contribution in [2.75, 3.05) is 23.7 Å². The van der Waals surface area contributed by atoms with Crippen molar-refractivity contribution >= 4 is 11.4 Å². The van der Waals surface area contributed by atoms with Gasteiger partial charge in [-0.15, -0.1) is 0 Å². The number of rotatable bonds is 1. The van der Waals surface area contributed by atoms with Crippen LogP contribution in [0.4, 0.5) is 11.4 Å². The SMILES string of the molecule is Cc1ccc(N2CCC(C)(O)CC2)c(N)c1. The molecule has 2 rings (SSSR count). The number of nitrogens with zero attached hydrogens (tertiary/aromatic N) is 1. The van der Waals surface area contributed by atoms with E-state index in [1.54, 1.807) is 0 Å².